The number of rotatable bonds is 7. The number of carbonyl (C=O) groups excluding carboxylic acids is 4. The minimum absolute atomic E-state index is 0.0271. The van der Waals surface area contributed by atoms with Crippen molar-refractivity contribution in [2.45, 2.75) is 63.5 Å². The van der Waals surface area contributed by atoms with Crippen LogP contribution in [0.5, 0.6) is 0 Å². The van der Waals surface area contributed by atoms with Crippen LogP contribution < -0.4 is 16.4 Å². The predicted octanol–water partition coefficient (Wildman–Crippen LogP) is 0.393. The van der Waals surface area contributed by atoms with E-state index in [9.17, 15) is 23.6 Å². The zero-order valence-electron chi connectivity index (χ0n) is 21.4. The summed E-state index contributed by atoms with van der Waals surface area (Å²) in [6.45, 7) is 2.13. The van der Waals surface area contributed by atoms with Gasteiger partial charge in [0.05, 0.1) is 19.6 Å². The Balaban J connectivity index is 1.51. The summed E-state index contributed by atoms with van der Waals surface area (Å²) in [6, 6.07) is 3.66. The Bertz CT molecular complexity index is 993. The van der Waals surface area contributed by atoms with Crippen LogP contribution in [0.3, 0.4) is 0 Å². The summed E-state index contributed by atoms with van der Waals surface area (Å²) < 4.78 is 13.8. The van der Waals surface area contributed by atoms with Gasteiger partial charge in [0.25, 0.3) is 5.91 Å². The maximum atomic E-state index is 13.8. The standard InChI is InChI=1S/C27H38FN5O4/c28-21-8-4-7-20(16-21)26(36)32-13-14-33(27(37)19-9-11-30-12-10-19)23(17-32)25(35)31-22(24(29)34)15-18-5-2-1-3-6-18/h4,7-8,16,18-19,22-23,30H,1-3,5-6,9-15,17H2,(H2,29,34)(H,31,35)/p+1/t22-,23+/m0/s1. The fraction of sp³-hybridized carbons (Fsp3) is 0.630. The number of primary amides is 1. The highest BCUT2D eigenvalue weighted by Crippen LogP contribution is 2.27. The molecule has 2 atom stereocenters. The Labute approximate surface area is 217 Å². The van der Waals surface area contributed by atoms with Gasteiger partial charge in [0, 0.05) is 37.4 Å². The van der Waals surface area contributed by atoms with Crippen molar-refractivity contribution < 1.29 is 28.9 Å². The quantitative estimate of drug-likeness (QED) is 0.484. The van der Waals surface area contributed by atoms with Crippen LogP contribution in [-0.4, -0.2) is 78.2 Å². The number of halogens is 1. The van der Waals surface area contributed by atoms with E-state index < -0.39 is 35.6 Å². The lowest BCUT2D eigenvalue weighted by Crippen LogP contribution is -2.86. The third-order valence-corrected chi connectivity index (χ3v) is 8.07. The van der Waals surface area contributed by atoms with Gasteiger partial charge in [-0.1, -0.05) is 38.2 Å². The Morgan fingerprint density at radius 1 is 1.05 bits per heavy atom. The first kappa shape index (κ1) is 27.0. The summed E-state index contributed by atoms with van der Waals surface area (Å²) in [4.78, 5) is 55.5. The second-order valence-corrected chi connectivity index (χ2v) is 10.7. The van der Waals surface area contributed by atoms with E-state index in [1.807, 2.05) is 0 Å². The molecule has 3 aliphatic rings. The summed E-state index contributed by atoms with van der Waals surface area (Å²) in [5.41, 5.74) is 5.86. The molecule has 9 nitrogen and oxygen atoms in total. The van der Waals surface area contributed by atoms with Gasteiger partial charge in [-0.25, -0.2) is 4.39 Å². The van der Waals surface area contributed by atoms with Crippen molar-refractivity contribution in [1.29, 1.82) is 0 Å². The third kappa shape index (κ3) is 6.85. The number of nitrogens with two attached hydrogens (primary N) is 2. The number of nitrogens with zero attached hydrogens (tertiary/aromatic N) is 2. The first-order chi connectivity index (χ1) is 17.8. The van der Waals surface area contributed by atoms with Gasteiger partial charge in [-0.15, -0.1) is 0 Å². The van der Waals surface area contributed by atoms with Crippen molar-refractivity contribution in [3.63, 3.8) is 0 Å². The molecule has 1 aromatic rings. The lowest BCUT2D eigenvalue weighted by Gasteiger charge is -2.42. The van der Waals surface area contributed by atoms with Crippen LogP contribution in [-0.2, 0) is 14.4 Å². The Morgan fingerprint density at radius 3 is 2.46 bits per heavy atom. The lowest BCUT2D eigenvalue weighted by molar-refractivity contribution is -0.664. The van der Waals surface area contributed by atoms with Crippen LogP contribution in [0.1, 0.15) is 61.7 Å². The lowest BCUT2D eigenvalue weighted by atomic mass is 9.84. The number of benzene rings is 1. The Hall–Kier alpha value is -3.01. The number of amides is 4. The van der Waals surface area contributed by atoms with Crippen LogP contribution in [0.15, 0.2) is 24.3 Å². The number of nitrogens with one attached hydrogen (secondary N) is 1. The highest BCUT2D eigenvalue weighted by molar-refractivity contribution is 5.96. The molecule has 0 aromatic heterocycles. The normalized spacial score (nSPS) is 22.4. The minimum Gasteiger partial charge on any atom is -0.368 e. The van der Waals surface area contributed by atoms with E-state index in [1.165, 1.54) is 35.6 Å². The molecule has 2 heterocycles. The molecule has 37 heavy (non-hydrogen) atoms. The molecule has 4 amide bonds. The van der Waals surface area contributed by atoms with Gasteiger partial charge in [0.2, 0.25) is 17.7 Å². The summed E-state index contributed by atoms with van der Waals surface area (Å²) in [5, 5.41) is 4.99. The Kier molecular flexibility index (Phi) is 9.13. The van der Waals surface area contributed by atoms with Gasteiger partial charge < -0.3 is 26.2 Å². The Morgan fingerprint density at radius 2 is 1.78 bits per heavy atom. The van der Waals surface area contributed by atoms with E-state index >= 15 is 0 Å². The molecule has 1 aliphatic carbocycles. The SMILES string of the molecule is NC(=O)[C@H](CC1CCCCC1)NC(=O)[C@H]1CN(C(=O)c2cccc(F)c2)CCN1C(=O)C1CC[NH2+]CC1. The van der Waals surface area contributed by atoms with E-state index in [0.717, 1.165) is 51.6 Å². The highest BCUT2D eigenvalue weighted by Gasteiger charge is 2.41. The molecule has 0 unspecified atom stereocenters. The van der Waals surface area contributed by atoms with Crippen LogP contribution in [0.25, 0.3) is 0 Å². The molecule has 0 bridgehead atoms. The maximum Gasteiger partial charge on any atom is 0.254 e. The molecule has 1 aromatic carbocycles. The van der Waals surface area contributed by atoms with Crippen LogP contribution >= 0.6 is 0 Å². The summed E-state index contributed by atoms with van der Waals surface area (Å²) >= 11 is 0. The van der Waals surface area contributed by atoms with Gasteiger partial charge in [-0.2, -0.15) is 0 Å². The van der Waals surface area contributed by atoms with Gasteiger partial charge in [0.1, 0.15) is 17.9 Å². The molecule has 10 heteroatoms. The van der Waals surface area contributed by atoms with E-state index in [4.69, 9.17) is 5.73 Å². The number of piperidine rings is 1. The molecule has 3 fully saturated rings. The molecule has 1 saturated carbocycles. The number of carbonyl (C=O) groups is 4. The minimum atomic E-state index is -0.946. The molecule has 0 spiro atoms. The molecular weight excluding hydrogens is 477 g/mol. The summed E-state index contributed by atoms with van der Waals surface area (Å²) in [6.07, 6.45) is 7.34. The van der Waals surface area contributed by atoms with Gasteiger partial charge in [-0.3, -0.25) is 19.2 Å². The first-order valence-electron chi connectivity index (χ1n) is 13.6. The summed E-state index contributed by atoms with van der Waals surface area (Å²) in [5.74, 6) is -1.93. The average molecular weight is 517 g/mol. The molecule has 0 radical (unpaired) electrons. The van der Waals surface area contributed by atoms with Gasteiger partial charge in [0.15, 0.2) is 0 Å². The monoisotopic (exact) mass is 516 g/mol. The number of quaternary nitrogens is 1. The van der Waals surface area contributed by atoms with Crippen molar-refractivity contribution >= 4 is 23.6 Å². The second kappa shape index (κ2) is 12.5. The highest BCUT2D eigenvalue weighted by atomic mass is 19.1. The van der Waals surface area contributed by atoms with Crippen molar-refractivity contribution in [1.82, 2.24) is 15.1 Å². The molecule has 4 rings (SSSR count). The van der Waals surface area contributed by atoms with Crippen molar-refractivity contribution in [2.24, 2.45) is 17.6 Å². The van der Waals surface area contributed by atoms with Gasteiger partial charge in [-0.05, 0) is 30.5 Å². The van der Waals surface area contributed by atoms with Crippen LogP contribution in [0.4, 0.5) is 4.39 Å². The smallest absolute Gasteiger partial charge is 0.254 e. The largest absolute Gasteiger partial charge is 0.368 e. The van der Waals surface area contributed by atoms with Crippen LogP contribution in [0.2, 0.25) is 0 Å². The number of hydrogen-bond donors (Lipinski definition) is 3. The zero-order chi connectivity index (χ0) is 26.4. The van der Waals surface area contributed by atoms with Gasteiger partial charge >= 0.3 is 0 Å². The maximum absolute atomic E-state index is 13.8. The molecule has 2 saturated heterocycles. The number of piperazine rings is 1. The van der Waals surface area contributed by atoms with E-state index in [1.54, 1.807) is 4.90 Å². The topological polar surface area (TPSA) is 129 Å². The fourth-order valence-corrected chi connectivity index (χ4v) is 5.94. The summed E-state index contributed by atoms with van der Waals surface area (Å²) in [7, 11) is 0. The average Bonchev–Trinajstić information content (AvgIpc) is 2.92. The molecule has 5 N–H and O–H groups in total. The van der Waals surface area contributed by atoms with E-state index in [-0.39, 0.29) is 37.0 Å². The van der Waals surface area contributed by atoms with E-state index in [0.29, 0.717) is 12.3 Å². The van der Waals surface area contributed by atoms with Crippen molar-refractivity contribution in [2.75, 3.05) is 32.7 Å². The molecular formula is C27H39FN5O4+. The second-order valence-electron chi connectivity index (χ2n) is 10.7. The number of hydrogen-bond acceptors (Lipinski definition) is 4. The van der Waals surface area contributed by atoms with Crippen molar-refractivity contribution in [3.8, 4) is 0 Å². The fourth-order valence-electron chi connectivity index (χ4n) is 5.94. The predicted molar refractivity (Wildman–Crippen MR) is 135 cm³/mol. The molecule has 2 aliphatic heterocycles. The van der Waals surface area contributed by atoms with Crippen molar-refractivity contribution in [3.05, 3.63) is 35.6 Å². The van der Waals surface area contributed by atoms with E-state index in [2.05, 4.69) is 10.6 Å². The molecule has 202 valence electrons. The van der Waals surface area contributed by atoms with Crippen LogP contribution in [0, 0.1) is 17.7 Å². The zero-order valence-corrected chi connectivity index (χ0v) is 21.4. The third-order valence-electron chi connectivity index (χ3n) is 8.07. The first-order valence-corrected chi connectivity index (χ1v) is 13.6.